The van der Waals surface area contributed by atoms with E-state index in [0.29, 0.717) is 16.8 Å². The Morgan fingerprint density at radius 2 is 1.97 bits per heavy atom. The Balaban J connectivity index is 1.78. The number of hydrogen-bond acceptors (Lipinski definition) is 5. The molecule has 0 bridgehead atoms. The van der Waals surface area contributed by atoms with E-state index in [0.717, 1.165) is 22.3 Å². The van der Waals surface area contributed by atoms with Gasteiger partial charge >= 0.3 is 11.9 Å². The first-order valence-electron chi connectivity index (χ1n) is 12.4. The molecule has 4 unspecified atom stereocenters. The lowest BCUT2D eigenvalue weighted by Crippen LogP contribution is -2.63. The Hall–Kier alpha value is -3.01. The first-order chi connectivity index (χ1) is 17.5. The van der Waals surface area contributed by atoms with Crippen LogP contribution >= 0.6 is 15.9 Å². The minimum Gasteiger partial charge on any atom is -0.481 e. The highest BCUT2D eigenvalue weighted by molar-refractivity contribution is 9.10. The third kappa shape index (κ3) is 4.95. The fourth-order valence-electron chi connectivity index (χ4n) is 5.53. The van der Waals surface area contributed by atoms with Crippen LogP contribution in [0.3, 0.4) is 0 Å². The number of aromatic nitrogens is 1. The van der Waals surface area contributed by atoms with E-state index in [-0.39, 0.29) is 23.1 Å². The van der Waals surface area contributed by atoms with Crippen LogP contribution in [0.4, 0.5) is 4.39 Å². The number of esters is 1. The van der Waals surface area contributed by atoms with E-state index in [2.05, 4.69) is 22.9 Å². The molecule has 4 atom stereocenters. The van der Waals surface area contributed by atoms with Crippen LogP contribution < -0.4 is 0 Å². The van der Waals surface area contributed by atoms with Gasteiger partial charge in [0.25, 0.3) is 11.8 Å². The van der Waals surface area contributed by atoms with Crippen molar-refractivity contribution >= 4 is 39.7 Å². The molecule has 1 fully saturated rings. The Labute approximate surface area is 222 Å². The maximum absolute atomic E-state index is 14.7. The number of carbonyl (C=O) groups is 4. The number of carboxylic acid groups (broad SMARTS) is 1. The van der Waals surface area contributed by atoms with Crippen LogP contribution in [-0.2, 0) is 31.2 Å². The van der Waals surface area contributed by atoms with Gasteiger partial charge < -0.3 is 14.4 Å². The fraction of sp³-hybridized carbons (Fsp3) is 0.481. The van der Waals surface area contributed by atoms with Crippen LogP contribution in [0.15, 0.2) is 41.0 Å². The van der Waals surface area contributed by atoms with Gasteiger partial charge in [-0.15, -0.1) is 0 Å². The third-order valence-electron chi connectivity index (χ3n) is 7.53. The van der Waals surface area contributed by atoms with Gasteiger partial charge in [0.1, 0.15) is 17.6 Å². The van der Waals surface area contributed by atoms with E-state index < -0.39 is 54.2 Å². The second-order valence-corrected chi connectivity index (χ2v) is 11.3. The molecule has 10 heteroatoms. The van der Waals surface area contributed by atoms with Gasteiger partial charge in [0, 0.05) is 16.2 Å². The molecule has 2 aliphatic rings. The number of ether oxygens (including phenoxy) is 1. The second kappa shape index (κ2) is 10.4. The van der Waals surface area contributed by atoms with E-state index in [9.17, 15) is 28.7 Å². The van der Waals surface area contributed by atoms with E-state index in [4.69, 9.17) is 4.74 Å². The molecule has 4 rings (SSSR count). The monoisotopic (exact) mass is 576 g/mol. The molecule has 1 N–H and O–H groups in total. The Bertz CT molecular complexity index is 1240. The van der Waals surface area contributed by atoms with Crippen LogP contribution in [0.1, 0.15) is 62.5 Å². The summed E-state index contributed by atoms with van der Waals surface area (Å²) >= 11 is 3.17. The maximum atomic E-state index is 14.7. The average Bonchev–Trinajstić information content (AvgIpc) is 3.31. The summed E-state index contributed by atoms with van der Waals surface area (Å²) in [4.78, 5) is 54.0. The number of fused-ring (bicyclic) bond motifs is 1. The molecule has 8 nitrogen and oxygen atoms in total. The highest BCUT2D eigenvalue weighted by atomic mass is 79.9. The molecular weight excluding hydrogens is 547 g/mol. The molecule has 1 aromatic heterocycles. The number of carbonyl (C=O) groups excluding carboxylic acids is 3. The number of nitrogens with zero attached hydrogens (tertiary/aromatic N) is 2. The lowest BCUT2D eigenvalue weighted by Gasteiger charge is -2.42. The zero-order valence-corrected chi connectivity index (χ0v) is 22.5. The van der Waals surface area contributed by atoms with Crippen LogP contribution in [-0.4, -0.2) is 44.4 Å². The SMILES string of the molecule is CC1CCC(C(C)C)C(OC(=O)C2(CC(=O)O)C(=O)N(Cc3ccc(Br)cc3F)C(=O)c3cccn32)C1. The zero-order valence-electron chi connectivity index (χ0n) is 20.9. The van der Waals surface area contributed by atoms with Crippen LogP contribution in [0.2, 0.25) is 0 Å². The standard InChI is InChI=1S/C27H30BrFN2O6/c1-15(2)19-9-6-16(3)11-22(19)37-26(36)27(13-23(32)33)25(35)30(24(34)21-5-4-10-31(21)27)14-17-7-8-18(28)12-20(17)29/h4-5,7-8,10,12,15-16,19,22H,6,9,11,13-14H2,1-3H3,(H,32,33). The molecule has 2 heterocycles. The molecule has 0 spiro atoms. The number of halogens is 2. The number of hydrogen-bond donors (Lipinski definition) is 1. The molecule has 0 saturated heterocycles. The van der Waals surface area contributed by atoms with Crippen molar-refractivity contribution in [2.75, 3.05) is 0 Å². The third-order valence-corrected chi connectivity index (χ3v) is 8.02. The molecule has 2 aromatic rings. The first-order valence-corrected chi connectivity index (χ1v) is 13.2. The van der Waals surface area contributed by atoms with Gasteiger partial charge in [-0.25, -0.2) is 9.18 Å². The summed E-state index contributed by atoms with van der Waals surface area (Å²) in [6.45, 7) is 5.67. The summed E-state index contributed by atoms with van der Waals surface area (Å²) < 4.78 is 22.2. The van der Waals surface area contributed by atoms with Gasteiger partial charge in [-0.05, 0) is 54.9 Å². The van der Waals surface area contributed by atoms with E-state index in [1.54, 1.807) is 6.07 Å². The van der Waals surface area contributed by atoms with Gasteiger partial charge in [-0.2, -0.15) is 0 Å². The number of rotatable bonds is 7. The number of amides is 2. The quantitative estimate of drug-likeness (QED) is 0.290. The predicted molar refractivity (Wildman–Crippen MR) is 135 cm³/mol. The highest BCUT2D eigenvalue weighted by Crippen LogP contribution is 2.39. The Morgan fingerprint density at radius 1 is 1.24 bits per heavy atom. The van der Waals surface area contributed by atoms with Gasteiger partial charge in [-0.3, -0.25) is 19.3 Å². The second-order valence-electron chi connectivity index (χ2n) is 10.4. The normalized spacial score (nSPS) is 25.8. The molecule has 1 aromatic carbocycles. The summed E-state index contributed by atoms with van der Waals surface area (Å²) in [6, 6.07) is 7.06. The summed E-state index contributed by atoms with van der Waals surface area (Å²) in [6.07, 6.45) is 2.35. The van der Waals surface area contributed by atoms with Gasteiger partial charge in [-0.1, -0.05) is 49.2 Å². The molecule has 198 valence electrons. The molecular formula is C27H30BrFN2O6. The van der Waals surface area contributed by atoms with E-state index in [1.165, 1.54) is 30.5 Å². The first kappa shape index (κ1) is 27.0. The smallest absolute Gasteiger partial charge is 0.343 e. The lowest BCUT2D eigenvalue weighted by molar-refractivity contribution is -0.176. The topological polar surface area (TPSA) is 106 Å². The summed E-state index contributed by atoms with van der Waals surface area (Å²) in [5.41, 5.74) is -2.34. The average molecular weight is 577 g/mol. The Morgan fingerprint density at radius 3 is 2.62 bits per heavy atom. The van der Waals surface area contributed by atoms with Crippen molar-refractivity contribution in [1.82, 2.24) is 9.47 Å². The van der Waals surface area contributed by atoms with Crippen LogP contribution in [0, 0.1) is 23.6 Å². The van der Waals surface area contributed by atoms with E-state index >= 15 is 0 Å². The highest BCUT2D eigenvalue weighted by Gasteiger charge is 2.59. The number of carboxylic acids is 1. The molecule has 1 saturated carbocycles. The summed E-state index contributed by atoms with van der Waals surface area (Å²) in [5.74, 6) is -4.33. The summed E-state index contributed by atoms with van der Waals surface area (Å²) in [5, 5.41) is 9.82. The van der Waals surface area contributed by atoms with E-state index in [1.807, 2.05) is 13.8 Å². The summed E-state index contributed by atoms with van der Waals surface area (Å²) in [7, 11) is 0. The van der Waals surface area contributed by atoms with Crippen molar-refractivity contribution in [3.05, 3.63) is 58.1 Å². The number of imide groups is 1. The van der Waals surface area contributed by atoms with Crippen LogP contribution in [0.5, 0.6) is 0 Å². The van der Waals surface area contributed by atoms with Crippen molar-refractivity contribution in [2.45, 2.75) is 64.6 Å². The van der Waals surface area contributed by atoms with Crippen molar-refractivity contribution in [3.63, 3.8) is 0 Å². The van der Waals surface area contributed by atoms with Gasteiger partial charge in [0.15, 0.2) is 0 Å². The fourth-order valence-corrected chi connectivity index (χ4v) is 5.86. The minimum absolute atomic E-state index is 0.0449. The number of aliphatic carboxylic acids is 1. The zero-order chi connectivity index (χ0) is 27.1. The Kier molecular flexibility index (Phi) is 7.60. The lowest BCUT2D eigenvalue weighted by atomic mass is 9.75. The molecule has 2 amide bonds. The molecule has 0 radical (unpaired) electrons. The molecule has 1 aliphatic carbocycles. The van der Waals surface area contributed by atoms with Gasteiger partial charge in [0.05, 0.1) is 13.0 Å². The molecule has 1 aliphatic heterocycles. The molecule has 37 heavy (non-hydrogen) atoms. The van der Waals surface area contributed by atoms with Crippen molar-refractivity contribution < 1.29 is 33.4 Å². The number of benzene rings is 1. The minimum atomic E-state index is -2.34. The van der Waals surface area contributed by atoms with Crippen molar-refractivity contribution in [2.24, 2.45) is 17.8 Å². The van der Waals surface area contributed by atoms with Crippen molar-refractivity contribution in [3.8, 4) is 0 Å². The largest absolute Gasteiger partial charge is 0.481 e. The maximum Gasteiger partial charge on any atom is 0.343 e. The van der Waals surface area contributed by atoms with Crippen LogP contribution in [0.25, 0.3) is 0 Å². The van der Waals surface area contributed by atoms with Gasteiger partial charge in [0.2, 0.25) is 5.54 Å². The predicted octanol–water partition coefficient (Wildman–Crippen LogP) is 4.75. The van der Waals surface area contributed by atoms with Crippen molar-refractivity contribution in [1.29, 1.82) is 0 Å².